The number of esters is 3. The summed E-state index contributed by atoms with van der Waals surface area (Å²) in [5, 5.41) is 0. The molecule has 1 atom stereocenters. The predicted octanol–water partition coefficient (Wildman–Crippen LogP) is 20.0. The topological polar surface area (TPSA) is 78.9 Å². The Balaban J connectivity index is 4.32. The molecule has 0 aromatic carbocycles. The molecule has 0 saturated heterocycles. The van der Waals surface area contributed by atoms with Gasteiger partial charge in [-0.15, -0.1) is 0 Å². The minimum Gasteiger partial charge on any atom is -0.462 e. The first-order valence-electron chi connectivity index (χ1n) is 29.8. The molecule has 1 unspecified atom stereocenters. The lowest BCUT2D eigenvalue weighted by atomic mass is 10.0. The van der Waals surface area contributed by atoms with Gasteiger partial charge in [-0.3, -0.25) is 14.4 Å². The Morgan fingerprint density at radius 3 is 0.884 bits per heavy atom. The van der Waals surface area contributed by atoms with Gasteiger partial charge in [-0.05, 0) is 64.2 Å². The SMILES string of the molecule is CC/C=C\C/C=C\C/C=C\C/C=C\C/C=C\CCCCCCCCCC(=O)OCC(COC(=O)CCCCCCCCCCCCCC)OC(=O)CCCCCCCCCCCCCCCCCC. The fourth-order valence-corrected chi connectivity index (χ4v) is 8.59. The van der Waals surface area contributed by atoms with Crippen LogP contribution in [0.15, 0.2) is 60.8 Å². The maximum Gasteiger partial charge on any atom is 0.306 e. The van der Waals surface area contributed by atoms with E-state index in [1.165, 1.54) is 167 Å². The maximum absolute atomic E-state index is 12.9. The van der Waals surface area contributed by atoms with Crippen molar-refractivity contribution in [2.45, 2.75) is 309 Å². The first kappa shape index (κ1) is 66.1. The predicted molar refractivity (Wildman–Crippen MR) is 298 cm³/mol. The van der Waals surface area contributed by atoms with Crippen molar-refractivity contribution >= 4 is 17.9 Å². The van der Waals surface area contributed by atoms with Crippen LogP contribution >= 0.6 is 0 Å². The molecule has 0 amide bonds. The highest BCUT2D eigenvalue weighted by atomic mass is 16.6. The molecule has 0 spiro atoms. The van der Waals surface area contributed by atoms with E-state index in [2.05, 4.69) is 81.5 Å². The highest BCUT2D eigenvalue weighted by molar-refractivity contribution is 5.71. The van der Waals surface area contributed by atoms with Gasteiger partial charge in [-0.1, -0.05) is 281 Å². The Labute approximate surface area is 428 Å². The van der Waals surface area contributed by atoms with Gasteiger partial charge in [0.05, 0.1) is 0 Å². The number of hydrogen-bond donors (Lipinski definition) is 0. The van der Waals surface area contributed by atoms with Crippen molar-refractivity contribution in [1.29, 1.82) is 0 Å². The summed E-state index contributed by atoms with van der Waals surface area (Å²) < 4.78 is 16.9. The highest BCUT2D eigenvalue weighted by Crippen LogP contribution is 2.17. The normalized spacial score (nSPS) is 12.4. The van der Waals surface area contributed by atoms with Gasteiger partial charge >= 0.3 is 17.9 Å². The second-order valence-corrected chi connectivity index (χ2v) is 19.9. The lowest BCUT2D eigenvalue weighted by Gasteiger charge is -2.18. The van der Waals surface area contributed by atoms with E-state index in [1.54, 1.807) is 0 Å². The van der Waals surface area contributed by atoms with Gasteiger partial charge in [0.15, 0.2) is 6.10 Å². The number of carbonyl (C=O) groups is 3. The van der Waals surface area contributed by atoms with Crippen molar-refractivity contribution in [3.8, 4) is 0 Å². The lowest BCUT2D eigenvalue weighted by molar-refractivity contribution is -0.167. The quantitative estimate of drug-likeness (QED) is 0.0262. The molecule has 0 saturated carbocycles. The van der Waals surface area contributed by atoms with Crippen LogP contribution in [0.3, 0.4) is 0 Å². The molecule has 0 heterocycles. The van der Waals surface area contributed by atoms with Crippen molar-refractivity contribution in [3.05, 3.63) is 60.8 Å². The number of unbranched alkanes of at least 4 members (excludes halogenated alkanes) is 33. The molecule has 0 aliphatic rings. The van der Waals surface area contributed by atoms with Gasteiger partial charge in [0.25, 0.3) is 0 Å². The van der Waals surface area contributed by atoms with Gasteiger partial charge in [-0.2, -0.15) is 0 Å². The molecule has 6 heteroatoms. The van der Waals surface area contributed by atoms with E-state index in [1.807, 2.05) is 0 Å². The van der Waals surface area contributed by atoms with Crippen LogP contribution in [0.1, 0.15) is 303 Å². The third-order valence-electron chi connectivity index (χ3n) is 13.0. The summed E-state index contributed by atoms with van der Waals surface area (Å²) in [5.41, 5.74) is 0. The average Bonchev–Trinajstić information content (AvgIpc) is 3.35. The minimum atomic E-state index is -0.775. The molecule has 0 rings (SSSR count). The molecule has 0 bridgehead atoms. The zero-order chi connectivity index (χ0) is 50.0. The van der Waals surface area contributed by atoms with Crippen LogP contribution in [0.5, 0.6) is 0 Å². The summed E-state index contributed by atoms with van der Waals surface area (Å²) in [6.07, 6.45) is 72.1. The third kappa shape index (κ3) is 55.9. The van der Waals surface area contributed by atoms with Crippen LogP contribution in [0, 0.1) is 0 Å². The Morgan fingerprint density at radius 1 is 0.304 bits per heavy atom. The van der Waals surface area contributed by atoms with E-state index in [9.17, 15) is 14.4 Å². The second-order valence-electron chi connectivity index (χ2n) is 19.9. The average molecular weight is 966 g/mol. The van der Waals surface area contributed by atoms with Crippen molar-refractivity contribution < 1.29 is 28.6 Å². The van der Waals surface area contributed by atoms with Crippen molar-refractivity contribution in [3.63, 3.8) is 0 Å². The minimum absolute atomic E-state index is 0.0733. The van der Waals surface area contributed by atoms with Crippen molar-refractivity contribution in [1.82, 2.24) is 0 Å². The lowest BCUT2D eigenvalue weighted by Crippen LogP contribution is -2.30. The second kappa shape index (κ2) is 57.7. The zero-order valence-corrected chi connectivity index (χ0v) is 45.8. The Kier molecular flexibility index (Phi) is 55.3. The smallest absolute Gasteiger partial charge is 0.306 e. The summed E-state index contributed by atoms with van der Waals surface area (Å²) in [6.45, 7) is 6.55. The van der Waals surface area contributed by atoms with Crippen LogP contribution in [-0.4, -0.2) is 37.2 Å². The molecule has 0 radical (unpaired) electrons. The summed E-state index contributed by atoms with van der Waals surface area (Å²) in [5.74, 6) is -0.869. The zero-order valence-electron chi connectivity index (χ0n) is 45.8. The Bertz CT molecular complexity index is 1250. The first-order valence-corrected chi connectivity index (χ1v) is 29.8. The number of allylic oxidation sites excluding steroid dienone is 10. The summed E-state index contributed by atoms with van der Waals surface area (Å²) in [7, 11) is 0. The Hall–Kier alpha value is -2.89. The van der Waals surface area contributed by atoms with Gasteiger partial charge in [0.2, 0.25) is 0 Å². The van der Waals surface area contributed by atoms with E-state index in [0.29, 0.717) is 19.3 Å². The molecule has 69 heavy (non-hydrogen) atoms. The molecule has 0 aliphatic carbocycles. The van der Waals surface area contributed by atoms with Crippen LogP contribution in [0.2, 0.25) is 0 Å². The van der Waals surface area contributed by atoms with Crippen LogP contribution < -0.4 is 0 Å². The first-order chi connectivity index (χ1) is 34.0. The molecule has 6 nitrogen and oxygen atoms in total. The van der Waals surface area contributed by atoms with Crippen LogP contribution in [-0.2, 0) is 28.6 Å². The number of rotatable bonds is 54. The van der Waals surface area contributed by atoms with Gasteiger partial charge < -0.3 is 14.2 Å². The van der Waals surface area contributed by atoms with Gasteiger partial charge in [-0.25, -0.2) is 0 Å². The molecular weight excluding hydrogens is 853 g/mol. The molecule has 0 aliphatic heterocycles. The fraction of sp³-hybridized carbons (Fsp3) is 0.794. The van der Waals surface area contributed by atoms with Gasteiger partial charge in [0.1, 0.15) is 13.2 Å². The van der Waals surface area contributed by atoms with E-state index in [-0.39, 0.29) is 31.1 Å². The monoisotopic (exact) mass is 965 g/mol. The standard InChI is InChI=1S/C63H112O6/c1-4-7-10-13-16-19-22-25-27-29-30-31-32-33-34-35-37-38-41-44-47-50-53-56-62(65)68-59-60(58-67-61(64)55-52-49-46-43-40-24-21-18-15-12-9-6-3)69-63(66)57-54-51-48-45-42-39-36-28-26-23-20-17-14-11-8-5-2/h7,10,16,19,25,27,30-31,33-34,60H,4-6,8-9,11-15,17-18,20-24,26,28-29,32,35-59H2,1-3H3/b10-7-,19-16-,27-25-,31-30-,34-33-. The number of ether oxygens (including phenoxy) is 3. The summed E-state index contributed by atoms with van der Waals surface area (Å²) in [6, 6.07) is 0. The van der Waals surface area contributed by atoms with Gasteiger partial charge in [0, 0.05) is 19.3 Å². The van der Waals surface area contributed by atoms with Crippen LogP contribution in [0.25, 0.3) is 0 Å². The molecule has 0 aromatic rings. The third-order valence-corrected chi connectivity index (χ3v) is 13.0. The largest absolute Gasteiger partial charge is 0.462 e. The fourth-order valence-electron chi connectivity index (χ4n) is 8.59. The van der Waals surface area contributed by atoms with Crippen LogP contribution in [0.4, 0.5) is 0 Å². The Morgan fingerprint density at radius 2 is 0.565 bits per heavy atom. The maximum atomic E-state index is 12.9. The van der Waals surface area contributed by atoms with E-state index < -0.39 is 6.10 Å². The molecule has 400 valence electrons. The molecule has 0 aromatic heterocycles. The molecule has 0 N–H and O–H groups in total. The van der Waals surface area contributed by atoms with E-state index >= 15 is 0 Å². The highest BCUT2D eigenvalue weighted by Gasteiger charge is 2.19. The summed E-state index contributed by atoms with van der Waals surface area (Å²) in [4.78, 5) is 38.2. The van der Waals surface area contributed by atoms with Crippen molar-refractivity contribution in [2.75, 3.05) is 13.2 Å². The molecule has 0 fully saturated rings. The van der Waals surface area contributed by atoms with E-state index in [0.717, 1.165) is 96.3 Å². The number of carbonyl (C=O) groups excluding carboxylic acids is 3. The van der Waals surface area contributed by atoms with E-state index in [4.69, 9.17) is 14.2 Å². The van der Waals surface area contributed by atoms with Crippen molar-refractivity contribution in [2.24, 2.45) is 0 Å². The molecular formula is C63H112O6. The summed E-state index contributed by atoms with van der Waals surface area (Å²) >= 11 is 0. The number of hydrogen-bond acceptors (Lipinski definition) is 6.